The molecule has 0 bridgehead atoms. The van der Waals surface area contributed by atoms with Crippen LogP contribution in [0.15, 0.2) is 114 Å². The molecule has 4 aromatic rings. The molecule has 0 saturated carbocycles. The van der Waals surface area contributed by atoms with E-state index in [0.717, 1.165) is 15.4 Å². The highest BCUT2D eigenvalue weighted by atomic mass is 32.2. The van der Waals surface area contributed by atoms with E-state index in [1.54, 1.807) is 78.9 Å². The van der Waals surface area contributed by atoms with Gasteiger partial charge in [-0.05, 0) is 61.0 Å². The van der Waals surface area contributed by atoms with Crippen molar-refractivity contribution in [2.24, 2.45) is 0 Å². The average molecular weight is 487 g/mol. The van der Waals surface area contributed by atoms with E-state index in [1.807, 2.05) is 37.3 Å². The third kappa shape index (κ3) is 6.28. The number of benzene rings is 4. The molecule has 1 N–H and O–H groups in total. The van der Waals surface area contributed by atoms with Crippen LogP contribution in [0.4, 0.5) is 11.4 Å². The molecule has 0 fully saturated rings. The van der Waals surface area contributed by atoms with Crippen molar-refractivity contribution in [2.45, 2.75) is 18.4 Å². The Morgan fingerprint density at radius 3 is 2.03 bits per heavy atom. The number of hydrogen-bond acceptors (Lipinski definition) is 4. The maximum Gasteiger partial charge on any atom is 0.264 e. The van der Waals surface area contributed by atoms with Crippen LogP contribution in [0.3, 0.4) is 0 Å². The number of hydrogen-bond donors (Lipinski definition) is 1. The molecule has 178 valence electrons. The van der Waals surface area contributed by atoms with E-state index in [0.29, 0.717) is 23.7 Å². The third-order valence-electron chi connectivity index (χ3n) is 5.33. The predicted octanol–water partition coefficient (Wildman–Crippen LogP) is 5.41. The SMILES string of the molecule is Cc1ccc(S(=O)(=O)N(CC(=O)Nc2ccc(OCc3ccccc3)cc2)c2ccccc2)cc1. The van der Waals surface area contributed by atoms with Crippen molar-refractivity contribution in [1.82, 2.24) is 0 Å². The van der Waals surface area contributed by atoms with Gasteiger partial charge in [0.05, 0.1) is 10.6 Å². The number of carbonyl (C=O) groups is 1. The van der Waals surface area contributed by atoms with Crippen molar-refractivity contribution in [1.29, 1.82) is 0 Å². The maximum atomic E-state index is 13.4. The maximum absolute atomic E-state index is 13.4. The van der Waals surface area contributed by atoms with Gasteiger partial charge < -0.3 is 10.1 Å². The Balaban J connectivity index is 1.46. The molecule has 0 atom stereocenters. The number of anilines is 2. The van der Waals surface area contributed by atoms with Gasteiger partial charge in [-0.15, -0.1) is 0 Å². The van der Waals surface area contributed by atoms with Crippen LogP contribution >= 0.6 is 0 Å². The summed E-state index contributed by atoms with van der Waals surface area (Å²) in [5.74, 6) is 0.210. The Morgan fingerprint density at radius 1 is 0.800 bits per heavy atom. The Kier molecular flexibility index (Phi) is 7.48. The Hall–Kier alpha value is -4.10. The molecule has 7 heteroatoms. The number of ether oxygens (including phenoxy) is 1. The smallest absolute Gasteiger partial charge is 0.264 e. The summed E-state index contributed by atoms with van der Waals surface area (Å²) in [6, 6.07) is 31.9. The van der Waals surface area contributed by atoms with Gasteiger partial charge in [0.2, 0.25) is 5.91 Å². The average Bonchev–Trinajstić information content (AvgIpc) is 2.88. The molecule has 0 aliphatic rings. The van der Waals surface area contributed by atoms with E-state index in [9.17, 15) is 13.2 Å². The van der Waals surface area contributed by atoms with Crippen molar-refractivity contribution in [3.8, 4) is 5.75 Å². The van der Waals surface area contributed by atoms with Crippen molar-refractivity contribution >= 4 is 27.3 Å². The van der Waals surface area contributed by atoms with Crippen molar-refractivity contribution in [3.63, 3.8) is 0 Å². The van der Waals surface area contributed by atoms with Gasteiger partial charge in [0.1, 0.15) is 18.9 Å². The number of nitrogens with one attached hydrogen (secondary N) is 1. The summed E-state index contributed by atoms with van der Waals surface area (Å²) in [5, 5.41) is 2.78. The molecule has 0 aliphatic carbocycles. The minimum absolute atomic E-state index is 0.125. The highest BCUT2D eigenvalue weighted by molar-refractivity contribution is 7.92. The van der Waals surface area contributed by atoms with Gasteiger partial charge in [-0.25, -0.2) is 8.42 Å². The quantitative estimate of drug-likeness (QED) is 0.343. The second-order valence-corrected chi connectivity index (χ2v) is 9.87. The Morgan fingerprint density at radius 2 is 1.40 bits per heavy atom. The van der Waals surface area contributed by atoms with E-state index in [4.69, 9.17) is 4.74 Å². The van der Waals surface area contributed by atoms with Gasteiger partial charge in [-0.2, -0.15) is 0 Å². The van der Waals surface area contributed by atoms with Crippen LogP contribution in [0.5, 0.6) is 5.75 Å². The monoisotopic (exact) mass is 486 g/mol. The summed E-state index contributed by atoms with van der Waals surface area (Å²) < 4.78 is 33.7. The van der Waals surface area contributed by atoms with Gasteiger partial charge in [-0.1, -0.05) is 66.2 Å². The molecule has 0 aromatic heterocycles. The molecular weight excluding hydrogens is 460 g/mol. The molecule has 4 aromatic carbocycles. The summed E-state index contributed by atoms with van der Waals surface area (Å²) in [7, 11) is -3.95. The Bertz CT molecular complexity index is 1360. The zero-order valence-corrected chi connectivity index (χ0v) is 20.1. The summed E-state index contributed by atoms with van der Waals surface area (Å²) in [5.41, 5.74) is 2.96. The molecule has 0 radical (unpaired) electrons. The van der Waals surface area contributed by atoms with Crippen molar-refractivity contribution in [3.05, 3.63) is 120 Å². The van der Waals surface area contributed by atoms with Crippen LogP contribution in [0, 0.1) is 6.92 Å². The molecule has 0 heterocycles. The van der Waals surface area contributed by atoms with Gasteiger partial charge in [-0.3, -0.25) is 9.10 Å². The number of amides is 1. The number of aryl methyl sites for hydroxylation is 1. The molecular formula is C28H26N2O4S. The van der Waals surface area contributed by atoms with E-state index in [-0.39, 0.29) is 11.4 Å². The summed E-state index contributed by atoms with van der Waals surface area (Å²) in [6.07, 6.45) is 0. The van der Waals surface area contributed by atoms with E-state index in [1.165, 1.54) is 0 Å². The highest BCUT2D eigenvalue weighted by Crippen LogP contribution is 2.24. The standard InChI is InChI=1S/C28H26N2O4S/c1-22-12-18-27(19-13-22)35(32,33)30(25-10-6-3-7-11-25)20-28(31)29-24-14-16-26(17-15-24)34-21-23-8-4-2-5-9-23/h2-19H,20-21H2,1H3,(H,29,31). The molecule has 35 heavy (non-hydrogen) atoms. The van der Waals surface area contributed by atoms with Crippen LogP contribution in [0.2, 0.25) is 0 Å². The number of nitrogens with zero attached hydrogens (tertiary/aromatic N) is 1. The Labute approximate surface area is 205 Å². The molecule has 0 aliphatic heterocycles. The second kappa shape index (κ2) is 10.9. The third-order valence-corrected chi connectivity index (χ3v) is 7.11. The summed E-state index contributed by atoms with van der Waals surface area (Å²) >= 11 is 0. The fourth-order valence-electron chi connectivity index (χ4n) is 3.45. The number of para-hydroxylation sites is 1. The topological polar surface area (TPSA) is 75.7 Å². The molecule has 1 amide bonds. The number of carbonyl (C=O) groups excluding carboxylic acids is 1. The highest BCUT2D eigenvalue weighted by Gasteiger charge is 2.27. The fraction of sp³-hybridized carbons (Fsp3) is 0.107. The zero-order valence-electron chi connectivity index (χ0n) is 19.3. The number of rotatable bonds is 9. The van der Waals surface area contributed by atoms with Crippen molar-refractivity contribution in [2.75, 3.05) is 16.2 Å². The van der Waals surface area contributed by atoms with Gasteiger partial charge in [0.15, 0.2) is 0 Å². The normalized spacial score (nSPS) is 11.0. The molecule has 6 nitrogen and oxygen atoms in total. The largest absolute Gasteiger partial charge is 0.489 e. The lowest BCUT2D eigenvalue weighted by molar-refractivity contribution is -0.114. The predicted molar refractivity (Wildman–Crippen MR) is 138 cm³/mol. The summed E-state index contributed by atoms with van der Waals surface area (Å²) in [4.78, 5) is 13.0. The van der Waals surface area contributed by atoms with Crippen LogP contribution in [0.25, 0.3) is 0 Å². The summed E-state index contributed by atoms with van der Waals surface area (Å²) in [6.45, 7) is 1.96. The molecule has 0 saturated heterocycles. The molecule has 0 unspecified atom stereocenters. The lowest BCUT2D eigenvalue weighted by Gasteiger charge is -2.24. The molecule has 4 rings (SSSR count). The van der Waals surface area contributed by atoms with Gasteiger partial charge in [0.25, 0.3) is 10.0 Å². The first kappa shape index (κ1) is 24.0. The van der Waals surface area contributed by atoms with Gasteiger partial charge in [0, 0.05) is 5.69 Å². The van der Waals surface area contributed by atoms with Crippen LogP contribution in [0.1, 0.15) is 11.1 Å². The van der Waals surface area contributed by atoms with Crippen LogP contribution in [-0.2, 0) is 21.4 Å². The first-order valence-electron chi connectivity index (χ1n) is 11.1. The first-order chi connectivity index (χ1) is 16.9. The zero-order chi connectivity index (χ0) is 24.7. The van der Waals surface area contributed by atoms with Crippen LogP contribution < -0.4 is 14.4 Å². The minimum Gasteiger partial charge on any atom is -0.489 e. The van der Waals surface area contributed by atoms with Gasteiger partial charge >= 0.3 is 0 Å². The second-order valence-electron chi connectivity index (χ2n) is 8.01. The lowest BCUT2D eigenvalue weighted by atomic mass is 10.2. The van der Waals surface area contributed by atoms with E-state index in [2.05, 4.69) is 5.32 Å². The molecule has 0 spiro atoms. The first-order valence-corrected chi connectivity index (χ1v) is 12.6. The van der Waals surface area contributed by atoms with E-state index < -0.39 is 15.9 Å². The fourth-order valence-corrected chi connectivity index (χ4v) is 4.87. The lowest BCUT2D eigenvalue weighted by Crippen LogP contribution is -2.38. The minimum atomic E-state index is -3.95. The van der Waals surface area contributed by atoms with Crippen LogP contribution in [-0.4, -0.2) is 20.9 Å². The van der Waals surface area contributed by atoms with E-state index >= 15 is 0 Å². The number of sulfonamides is 1. The van der Waals surface area contributed by atoms with Crippen molar-refractivity contribution < 1.29 is 17.9 Å².